The Labute approximate surface area is 163 Å². The van der Waals surface area contributed by atoms with E-state index < -0.39 is 0 Å². The summed E-state index contributed by atoms with van der Waals surface area (Å²) in [6.45, 7) is 0. The first-order chi connectivity index (χ1) is 13.0. The van der Waals surface area contributed by atoms with Crippen LogP contribution in [0.2, 0.25) is 5.02 Å². The number of fused-ring (bicyclic) bond motifs is 1. The molecule has 3 aromatic rings. The molecule has 2 aromatic carbocycles. The smallest absolute Gasteiger partial charge is 0.255 e. The first kappa shape index (κ1) is 18.1. The van der Waals surface area contributed by atoms with Crippen LogP contribution < -0.4 is 16.0 Å². The monoisotopic (exact) mass is 382 g/mol. The minimum absolute atomic E-state index is 0.0920. The molecule has 1 fully saturated rings. The number of nitrogens with one attached hydrogen (secondary N) is 1. The van der Waals surface area contributed by atoms with Gasteiger partial charge in [-0.05, 0) is 61.3 Å². The molecule has 4 nitrogen and oxygen atoms in total. The zero-order valence-electron chi connectivity index (χ0n) is 15.1. The third kappa shape index (κ3) is 4.02. The van der Waals surface area contributed by atoms with E-state index in [4.69, 9.17) is 22.1 Å². The number of ether oxygens (including phenoxy) is 1. The van der Waals surface area contributed by atoms with Crippen molar-refractivity contribution >= 4 is 22.4 Å². The fourth-order valence-corrected chi connectivity index (χ4v) is 4.13. The van der Waals surface area contributed by atoms with Crippen molar-refractivity contribution in [2.24, 2.45) is 5.73 Å². The second-order valence-corrected chi connectivity index (χ2v) is 7.93. The van der Waals surface area contributed by atoms with Gasteiger partial charge < -0.3 is 15.5 Å². The second kappa shape index (κ2) is 7.37. The summed E-state index contributed by atoms with van der Waals surface area (Å²) in [5.41, 5.74) is 7.60. The molecule has 4 rings (SSSR count). The molecule has 140 valence electrons. The van der Waals surface area contributed by atoms with Gasteiger partial charge in [-0.2, -0.15) is 0 Å². The third-order valence-corrected chi connectivity index (χ3v) is 5.74. The maximum atomic E-state index is 11.9. The van der Waals surface area contributed by atoms with E-state index in [-0.39, 0.29) is 17.2 Å². The van der Waals surface area contributed by atoms with Crippen LogP contribution in [0.25, 0.3) is 10.8 Å². The van der Waals surface area contributed by atoms with Crippen molar-refractivity contribution in [1.82, 2.24) is 4.98 Å². The highest BCUT2D eigenvalue weighted by molar-refractivity contribution is 6.32. The maximum Gasteiger partial charge on any atom is 0.255 e. The van der Waals surface area contributed by atoms with Crippen LogP contribution in [0.15, 0.2) is 59.5 Å². The van der Waals surface area contributed by atoms with Gasteiger partial charge >= 0.3 is 0 Å². The normalized spacial score (nSPS) is 22.7. The summed E-state index contributed by atoms with van der Waals surface area (Å²) >= 11 is 6.36. The van der Waals surface area contributed by atoms with Gasteiger partial charge in [0, 0.05) is 17.1 Å². The number of halogens is 1. The lowest BCUT2D eigenvalue weighted by Crippen LogP contribution is -2.47. The fourth-order valence-electron chi connectivity index (χ4n) is 3.92. The number of benzene rings is 2. The van der Waals surface area contributed by atoms with E-state index in [0.29, 0.717) is 16.2 Å². The Morgan fingerprint density at radius 2 is 1.89 bits per heavy atom. The highest BCUT2D eigenvalue weighted by atomic mass is 35.5. The van der Waals surface area contributed by atoms with Crippen molar-refractivity contribution in [2.45, 2.75) is 43.7 Å². The molecule has 0 spiro atoms. The largest absolute Gasteiger partial charge is 0.489 e. The van der Waals surface area contributed by atoms with Gasteiger partial charge in [-0.15, -0.1) is 0 Å². The van der Waals surface area contributed by atoms with Crippen molar-refractivity contribution in [3.63, 3.8) is 0 Å². The topological polar surface area (TPSA) is 68.1 Å². The highest BCUT2D eigenvalue weighted by Crippen LogP contribution is 2.35. The number of hydrogen-bond acceptors (Lipinski definition) is 3. The van der Waals surface area contributed by atoms with Gasteiger partial charge in [-0.1, -0.05) is 41.9 Å². The molecule has 1 aromatic heterocycles. The molecule has 0 bridgehead atoms. The third-order valence-electron chi connectivity index (χ3n) is 5.45. The van der Waals surface area contributed by atoms with Gasteiger partial charge in [0.25, 0.3) is 5.56 Å². The maximum absolute atomic E-state index is 11.9. The van der Waals surface area contributed by atoms with Crippen LogP contribution in [0.3, 0.4) is 0 Å². The van der Waals surface area contributed by atoms with Gasteiger partial charge in [-0.3, -0.25) is 4.79 Å². The van der Waals surface area contributed by atoms with Crippen molar-refractivity contribution < 1.29 is 4.74 Å². The van der Waals surface area contributed by atoms with Crippen LogP contribution in [-0.4, -0.2) is 16.6 Å². The average Bonchev–Trinajstić information content (AvgIpc) is 2.66. The predicted octanol–water partition coefficient (Wildman–Crippen LogP) is 4.44. The predicted molar refractivity (Wildman–Crippen MR) is 110 cm³/mol. The highest BCUT2D eigenvalue weighted by Gasteiger charge is 2.32. The molecule has 0 aliphatic heterocycles. The van der Waals surface area contributed by atoms with E-state index in [1.165, 1.54) is 5.56 Å². The second-order valence-electron chi connectivity index (χ2n) is 7.52. The molecule has 0 radical (unpaired) electrons. The summed E-state index contributed by atoms with van der Waals surface area (Å²) in [6.07, 6.45) is 6.24. The number of aromatic nitrogens is 1. The SMILES string of the molecule is NC1(Cc2ccccc2)CCC(Oc2cc3cc[nH]c(=O)c3cc2Cl)CC1. The first-order valence-electron chi connectivity index (χ1n) is 9.33. The molecule has 0 unspecified atom stereocenters. The van der Waals surface area contributed by atoms with Crippen LogP contribution in [-0.2, 0) is 6.42 Å². The molecular weight excluding hydrogens is 360 g/mol. The standard InChI is InChI=1S/C22H23ClN2O2/c23-19-13-18-16(8-11-25-21(18)26)12-20(19)27-17-6-9-22(24,10-7-17)14-15-4-2-1-3-5-15/h1-5,8,11-13,17H,6-7,9-10,14,24H2,(H,25,26). The Bertz CT molecular complexity index is 992. The van der Waals surface area contributed by atoms with E-state index in [2.05, 4.69) is 29.2 Å². The lowest BCUT2D eigenvalue weighted by Gasteiger charge is -2.37. The lowest BCUT2D eigenvalue weighted by molar-refractivity contribution is 0.118. The Balaban J connectivity index is 1.44. The molecule has 1 heterocycles. The van der Waals surface area contributed by atoms with E-state index in [0.717, 1.165) is 37.5 Å². The van der Waals surface area contributed by atoms with Crippen LogP contribution in [0, 0.1) is 0 Å². The Hall–Kier alpha value is -2.30. The Morgan fingerprint density at radius 3 is 2.63 bits per heavy atom. The van der Waals surface area contributed by atoms with E-state index in [9.17, 15) is 4.79 Å². The molecule has 0 atom stereocenters. The number of rotatable bonds is 4. The Morgan fingerprint density at radius 1 is 1.15 bits per heavy atom. The molecule has 1 aliphatic carbocycles. The van der Waals surface area contributed by atoms with Gasteiger partial charge in [0.15, 0.2) is 0 Å². The summed E-state index contributed by atoms with van der Waals surface area (Å²) in [5.74, 6) is 0.632. The summed E-state index contributed by atoms with van der Waals surface area (Å²) in [4.78, 5) is 14.5. The minimum atomic E-state index is -0.179. The molecular formula is C22H23ClN2O2. The number of hydrogen-bond donors (Lipinski definition) is 2. The summed E-state index contributed by atoms with van der Waals surface area (Å²) in [6, 6.07) is 15.8. The zero-order chi connectivity index (χ0) is 18.9. The molecule has 5 heteroatoms. The number of H-pyrrole nitrogens is 1. The van der Waals surface area contributed by atoms with Gasteiger partial charge in [-0.25, -0.2) is 0 Å². The molecule has 0 saturated heterocycles. The average molecular weight is 383 g/mol. The van der Waals surface area contributed by atoms with Crippen LogP contribution in [0.1, 0.15) is 31.2 Å². The fraction of sp³-hybridized carbons (Fsp3) is 0.318. The summed E-state index contributed by atoms with van der Waals surface area (Å²) in [7, 11) is 0. The van der Waals surface area contributed by atoms with Gasteiger partial charge in [0.05, 0.1) is 11.1 Å². The molecule has 3 N–H and O–H groups in total. The van der Waals surface area contributed by atoms with Crippen molar-refractivity contribution in [1.29, 1.82) is 0 Å². The van der Waals surface area contributed by atoms with Gasteiger partial charge in [0.1, 0.15) is 5.75 Å². The summed E-state index contributed by atoms with van der Waals surface area (Å²) < 4.78 is 6.18. The molecule has 27 heavy (non-hydrogen) atoms. The van der Waals surface area contributed by atoms with E-state index in [1.807, 2.05) is 18.2 Å². The lowest BCUT2D eigenvalue weighted by atomic mass is 9.77. The summed E-state index contributed by atoms with van der Waals surface area (Å²) in [5, 5.41) is 1.86. The van der Waals surface area contributed by atoms with Crippen molar-refractivity contribution in [2.75, 3.05) is 0 Å². The van der Waals surface area contributed by atoms with Crippen molar-refractivity contribution in [3.05, 3.63) is 75.7 Å². The minimum Gasteiger partial charge on any atom is -0.489 e. The van der Waals surface area contributed by atoms with Crippen LogP contribution in [0.5, 0.6) is 5.75 Å². The van der Waals surface area contributed by atoms with Crippen LogP contribution in [0.4, 0.5) is 0 Å². The van der Waals surface area contributed by atoms with Gasteiger partial charge in [0.2, 0.25) is 0 Å². The molecule has 0 amide bonds. The number of pyridine rings is 1. The van der Waals surface area contributed by atoms with E-state index in [1.54, 1.807) is 12.3 Å². The van der Waals surface area contributed by atoms with Crippen molar-refractivity contribution in [3.8, 4) is 5.75 Å². The quantitative estimate of drug-likeness (QED) is 0.700. The molecule has 1 saturated carbocycles. The zero-order valence-corrected chi connectivity index (χ0v) is 15.8. The number of aromatic amines is 1. The molecule has 1 aliphatic rings. The first-order valence-corrected chi connectivity index (χ1v) is 9.71. The Kier molecular flexibility index (Phi) is 4.94. The van der Waals surface area contributed by atoms with Crippen LogP contribution >= 0.6 is 11.6 Å². The number of nitrogens with two attached hydrogens (primary N) is 1. The van der Waals surface area contributed by atoms with E-state index >= 15 is 0 Å².